The summed E-state index contributed by atoms with van der Waals surface area (Å²) < 4.78 is 0. The van der Waals surface area contributed by atoms with E-state index >= 15 is 0 Å². The molecule has 0 aromatic heterocycles. The van der Waals surface area contributed by atoms with E-state index in [1.807, 2.05) is 0 Å². The van der Waals surface area contributed by atoms with Gasteiger partial charge < -0.3 is 5.11 Å². The van der Waals surface area contributed by atoms with Gasteiger partial charge in [0.25, 0.3) is 0 Å². The van der Waals surface area contributed by atoms with E-state index in [1.54, 1.807) is 0 Å². The Morgan fingerprint density at radius 1 is 1.17 bits per heavy atom. The molecule has 2 rings (SSSR count). The molecular formula is C15H27NO2. The summed E-state index contributed by atoms with van der Waals surface area (Å²) in [5, 5.41) is 9.17. The van der Waals surface area contributed by atoms with Gasteiger partial charge in [-0.1, -0.05) is 26.2 Å². The van der Waals surface area contributed by atoms with Crippen molar-refractivity contribution in [2.45, 2.75) is 64.3 Å². The van der Waals surface area contributed by atoms with Crippen LogP contribution in [-0.4, -0.2) is 35.1 Å². The van der Waals surface area contributed by atoms with Crippen LogP contribution in [0.25, 0.3) is 0 Å². The Hall–Kier alpha value is -0.570. The number of carbonyl (C=O) groups is 1. The van der Waals surface area contributed by atoms with E-state index in [1.165, 1.54) is 44.9 Å². The average molecular weight is 253 g/mol. The van der Waals surface area contributed by atoms with Gasteiger partial charge >= 0.3 is 5.97 Å². The molecule has 3 nitrogen and oxygen atoms in total. The third-order valence-corrected chi connectivity index (χ3v) is 4.85. The van der Waals surface area contributed by atoms with Crippen molar-refractivity contribution in [3.05, 3.63) is 0 Å². The van der Waals surface area contributed by atoms with Gasteiger partial charge in [0, 0.05) is 6.04 Å². The minimum absolute atomic E-state index is 0.301. The molecule has 1 saturated carbocycles. The van der Waals surface area contributed by atoms with E-state index in [9.17, 15) is 9.90 Å². The summed E-state index contributed by atoms with van der Waals surface area (Å²) in [6.45, 7) is 4.55. The Morgan fingerprint density at radius 3 is 2.33 bits per heavy atom. The van der Waals surface area contributed by atoms with Crippen molar-refractivity contribution in [2.24, 2.45) is 11.8 Å². The first-order chi connectivity index (χ1) is 8.66. The Morgan fingerprint density at radius 2 is 1.78 bits per heavy atom. The predicted octanol–water partition coefficient (Wildman–Crippen LogP) is 3.14. The van der Waals surface area contributed by atoms with Crippen LogP contribution in [0.4, 0.5) is 0 Å². The summed E-state index contributed by atoms with van der Waals surface area (Å²) in [6, 6.07) is 0.301. The summed E-state index contributed by atoms with van der Waals surface area (Å²) in [6.07, 6.45) is 9.20. The Kier molecular flexibility index (Phi) is 5.04. The Labute approximate surface area is 111 Å². The van der Waals surface area contributed by atoms with Gasteiger partial charge in [0.1, 0.15) is 0 Å². The lowest BCUT2D eigenvalue weighted by Crippen LogP contribution is -2.45. The molecule has 0 amide bonds. The molecule has 3 heteroatoms. The van der Waals surface area contributed by atoms with Crippen LogP contribution in [-0.2, 0) is 4.79 Å². The molecule has 1 unspecified atom stereocenters. The molecule has 104 valence electrons. The number of carboxylic acid groups (broad SMARTS) is 1. The molecule has 0 aromatic carbocycles. The molecule has 18 heavy (non-hydrogen) atoms. The van der Waals surface area contributed by atoms with Gasteiger partial charge in [0.05, 0.1) is 6.42 Å². The molecule has 1 N–H and O–H groups in total. The molecule has 0 spiro atoms. The number of hydrogen-bond donors (Lipinski definition) is 1. The Balaban J connectivity index is 1.97. The summed E-state index contributed by atoms with van der Waals surface area (Å²) in [7, 11) is 0. The highest BCUT2D eigenvalue weighted by molar-refractivity contribution is 5.67. The van der Waals surface area contributed by atoms with Crippen molar-refractivity contribution in [3.63, 3.8) is 0 Å². The molecule has 0 aromatic rings. The van der Waals surface area contributed by atoms with Crippen LogP contribution in [0.1, 0.15) is 58.3 Å². The second-order valence-electron chi connectivity index (χ2n) is 6.28. The second kappa shape index (κ2) is 6.55. The van der Waals surface area contributed by atoms with Crippen LogP contribution in [0.2, 0.25) is 0 Å². The van der Waals surface area contributed by atoms with Crippen molar-refractivity contribution in [2.75, 3.05) is 13.1 Å². The minimum atomic E-state index is -0.621. The van der Waals surface area contributed by atoms with E-state index in [4.69, 9.17) is 0 Å². The quantitative estimate of drug-likeness (QED) is 0.836. The van der Waals surface area contributed by atoms with E-state index in [-0.39, 0.29) is 0 Å². The zero-order valence-electron chi connectivity index (χ0n) is 11.6. The van der Waals surface area contributed by atoms with Crippen LogP contribution in [0.3, 0.4) is 0 Å². The fraction of sp³-hybridized carbons (Fsp3) is 0.933. The summed E-state index contributed by atoms with van der Waals surface area (Å²) >= 11 is 0. The van der Waals surface area contributed by atoms with Gasteiger partial charge in [-0.3, -0.25) is 9.69 Å². The molecule has 1 saturated heterocycles. The third-order valence-electron chi connectivity index (χ3n) is 4.85. The van der Waals surface area contributed by atoms with Crippen molar-refractivity contribution < 1.29 is 9.90 Å². The topological polar surface area (TPSA) is 40.5 Å². The largest absolute Gasteiger partial charge is 0.481 e. The van der Waals surface area contributed by atoms with Gasteiger partial charge in [-0.2, -0.15) is 0 Å². The van der Waals surface area contributed by atoms with Gasteiger partial charge in [-0.25, -0.2) is 0 Å². The first kappa shape index (κ1) is 13.9. The highest BCUT2D eigenvalue weighted by Crippen LogP contribution is 2.34. The lowest BCUT2D eigenvalue weighted by atomic mass is 9.77. The number of nitrogens with zero attached hydrogens (tertiary/aromatic N) is 1. The third kappa shape index (κ3) is 3.71. The maximum absolute atomic E-state index is 11.1. The SMILES string of the molecule is CC1CCC(C(CC(=O)O)N2CCCCC2)CC1. The highest BCUT2D eigenvalue weighted by Gasteiger charge is 2.32. The number of likely N-dealkylation sites (tertiary alicyclic amines) is 1. The highest BCUT2D eigenvalue weighted by atomic mass is 16.4. The van der Waals surface area contributed by atoms with Crippen molar-refractivity contribution in [1.82, 2.24) is 4.90 Å². The molecule has 2 aliphatic rings. The van der Waals surface area contributed by atoms with Gasteiger partial charge in [0.15, 0.2) is 0 Å². The lowest BCUT2D eigenvalue weighted by molar-refractivity contribution is -0.139. The van der Waals surface area contributed by atoms with Crippen LogP contribution in [0, 0.1) is 11.8 Å². The van der Waals surface area contributed by atoms with Gasteiger partial charge in [-0.05, 0) is 50.6 Å². The van der Waals surface area contributed by atoms with E-state index in [0.717, 1.165) is 19.0 Å². The fourth-order valence-corrected chi connectivity index (χ4v) is 3.69. The second-order valence-corrected chi connectivity index (χ2v) is 6.28. The first-order valence-electron chi connectivity index (χ1n) is 7.62. The number of aliphatic carboxylic acids is 1. The van der Waals surface area contributed by atoms with Crippen molar-refractivity contribution in [3.8, 4) is 0 Å². The molecule has 1 atom stereocenters. The number of hydrogen-bond acceptors (Lipinski definition) is 2. The maximum Gasteiger partial charge on any atom is 0.304 e. The number of piperidine rings is 1. The molecule has 1 aliphatic carbocycles. The summed E-state index contributed by atoms with van der Waals surface area (Å²) in [5.74, 6) is 0.840. The normalized spacial score (nSPS) is 32.1. The van der Waals surface area contributed by atoms with Crippen LogP contribution >= 0.6 is 0 Å². The van der Waals surface area contributed by atoms with Crippen LogP contribution < -0.4 is 0 Å². The zero-order valence-corrected chi connectivity index (χ0v) is 11.6. The summed E-state index contributed by atoms with van der Waals surface area (Å²) in [5.41, 5.74) is 0. The summed E-state index contributed by atoms with van der Waals surface area (Å²) in [4.78, 5) is 13.6. The minimum Gasteiger partial charge on any atom is -0.481 e. The molecule has 0 radical (unpaired) electrons. The van der Waals surface area contributed by atoms with Gasteiger partial charge in [0.2, 0.25) is 0 Å². The predicted molar refractivity (Wildman–Crippen MR) is 72.6 cm³/mol. The van der Waals surface area contributed by atoms with Crippen molar-refractivity contribution in [1.29, 1.82) is 0 Å². The van der Waals surface area contributed by atoms with E-state index < -0.39 is 5.97 Å². The molecule has 2 fully saturated rings. The average Bonchev–Trinajstić information content (AvgIpc) is 2.38. The number of rotatable bonds is 4. The maximum atomic E-state index is 11.1. The molecule has 1 heterocycles. The monoisotopic (exact) mass is 253 g/mol. The smallest absolute Gasteiger partial charge is 0.304 e. The van der Waals surface area contributed by atoms with E-state index in [0.29, 0.717) is 18.4 Å². The van der Waals surface area contributed by atoms with Crippen LogP contribution in [0.5, 0.6) is 0 Å². The molecule has 0 bridgehead atoms. The first-order valence-corrected chi connectivity index (χ1v) is 7.62. The fourth-order valence-electron chi connectivity index (χ4n) is 3.69. The van der Waals surface area contributed by atoms with Crippen LogP contribution in [0.15, 0.2) is 0 Å². The standard InChI is InChI=1S/C15H27NO2/c1-12-5-7-13(8-6-12)14(11-15(17)18)16-9-3-2-4-10-16/h12-14H,2-11H2,1H3,(H,17,18). The molecule has 1 aliphatic heterocycles. The number of carboxylic acids is 1. The Bertz CT molecular complexity index is 266. The zero-order chi connectivity index (χ0) is 13.0. The van der Waals surface area contributed by atoms with Crippen molar-refractivity contribution >= 4 is 5.97 Å². The van der Waals surface area contributed by atoms with E-state index in [2.05, 4.69) is 11.8 Å². The lowest BCUT2D eigenvalue weighted by Gasteiger charge is -2.41. The molecular weight excluding hydrogens is 226 g/mol. The van der Waals surface area contributed by atoms with Gasteiger partial charge in [-0.15, -0.1) is 0 Å².